The molecule has 250 valence electrons. The van der Waals surface area contributed by atoms with E-state index in [0.29, 0.717) is 11.8 Å². The zero-order valence-corrected chi connectivity index (χ0v) is 32.4. The Balaban J connectivity index is -0.000000899. The van der Waals surface area contributed by atoms with Gasteiger partial charge in [0.1, 0.15) is 10.1 Å². The predicted octanol–water partition coefficient (Wildman–Crippen LogP) is 4.29. The molecular weight excluding hydrogens is 601 g/mol. The van der Waals surface area contributed by atoms with Crippen molar-refractivity contribution in [1.82, 2.24) is 4.90 Å². The Morgan fingerprint density at radius 1 is 0.791 bits per heavy atom. The number of unbranched alkanes of at least 4 members (excludes halogenated alkanes) is 2. The number of amides is 1. The number of ether oxygens (including phenoxy) is 2. The average molecular weight is 662 g/mol. The summed E-state index contributed by atoms with van der Waals surface area (Å²) in [5.74, 6) is 0.224. The fourth-order valence-corrected chi connectivity index (χ4v) is 5.36. The van der Waals surface area contributed by atoms with Crippen LogP contribution in [-0.2, 0) is 29.2 Å². The number of hydrogen-bond donors (Lipinski definition) is 0. The second-order valence-electron chi connectivity index (χ2n) is 11.7. The van der Waals surface area contributed by atoms with Crippen molar-refractivity contribution >= 4 is 39.1 Å². The molecule has 0 aliphatic carbocycles. The van der Waals surface area contributed by atoms with Crippen molar-refractivity contribution in [3.8, 4) is 0 Å². The van der Waals surface area contributed by atoms with Crippen LogP contribution in [0.25, 0.3) is 0 Å². The second-order valence-corrected chi connectivity index (χ2v) is 14.5. The fourth-order valence-electron chi connectivity index (χ4n) is 4.13. The number of hydrogen-bond acceptors (Lipinski definition) is 9. The monoisotopic (exact) mass is 661 g/mol. The molecule has 0 bridgehead atoms. The molecule has 0 aromatic carbocycles. The van der Waals surface area contributed by atoms with E-state index < -0.39 is 33.7 Å². The van der Waals surface area contributed by atoms with Gasteiger partial charge < -0.3 is 18.9 Å². The first-order valence-corrected chi connectivity index (χ1v) is 18.3. The van der Waals surface area contributed by atoms with Gasteiger partial charge in [0, 0.05) is 13.1 Å². The molecule has 0 aromatic heterocycles. The molecule has 0 fully saturated rings. The predicted molar refractivity (Wildman–Crippen MR) is 171 cm³/mol. The van der Waals surface area contributed by atoms with E-state index in [-0.39, 0.29) is 59.8 Å². The van der Waals surface area contributed by atoms with Crippen LogP contribution in [0.2, 0.25) is 0 Å². The van der Waals surface area contributed by atoms with Crippen molar-refractivity contribution in [3.05, 3.63) is 0 Å². The van der Waals surface area contributed by atoms with Gasteiger partial charge in [-0.2, -0.15) is 0 Å². The molecule has 0 N–H and O–H groups in total. The minimum atomic E-state index is -5.01. The van der Waals surface area contributed by atoms with E-state index in [1.807, 2.05) is 25.7 Å². The van der Waals surface area contributed by atoms with E-state index in [4.69, 9.17) is 9.47 Å². The number of thioether (sulfide) groups is 1. The van der Waals surface area contributed by atoms with Gasteiger partial charge in [0.05, 0.1) is 19.6 Å². The van der Waals surface area contributed by atoms with Gasteiger partial charge in [-0.15, -0.1) is 0 Å². The van der Waals surface area contributed by atoms with E-state index in [9.17, 15) is 27.4 Å². The van der Waals surface area contributed by atoms with Gasteiger partial charge in [0.25, 0.3) is 5.24 Å². The van der Waals surface area contributed by atoms with Crippen molar-refractivity contribution < 1.29 is 66.4 Å². The van der Waals surface area contributed by atoms with Crippen molar-refractivity contribution in [1.29, 1.82) is 0 Å². The van der Waals surface area contributed by atoms with Crippen LogP contribution >= 0.6 is 11.8 Å². The Hall–Kier alpha value is -0.330. The van der Waals surface area contributed by atoms with Gasteiger partial charge in [-0.3, -0.25) is 14.4 Å². The normalized spacial score (nSPS) is 13.3. The summed E-state index contributed by atoms with van der Waals surface area (Å²) in [6.45, 7) is 20.6. The van der Waals surface area contributed by atoms with Gasteiger partial charge in [-0.05, 0) is 42.3 Å². The molecule has 43 heavy (non-hydrogen) atoms. The third kappa shape index (κ3) is 25.5. The van der Waals surface area contributed by atoms with Crippen LogP contribution in [0.5, 0.6) is 0 Å². The van der Waals surface area contributed by atoms with Crippen LogP contribution in [0.4, 0.5) is 4.79 Å². The first-order chi connectivity index (χ1) is 19.7. The summed E-state index contributed by atoms with van der Waals surface area (Å²) >= 11 is 1.41. The fraction of sp³-hybridized carbons (Fsp3) is 0.903. The molecule has 0 saturated carbocycles. The van der Waals surface area contributed by atoms with Gasteiger partial charge >= 0.3 is 41.5 Å². The molecule has 0 aromatic rings. The maximum absolute atomic E-state index is 12.1. The summed E-state index contributed by atoms with van der Waals surface area (Å²) in [5, 5.41) is -1.82. The minimum absolute atomic E-state index is 0. The zero-order valence-electron chi connectivity index (χ0n) is 28.8. The Bertz CT molecular complexity index is 830. The Labute approximate surface area is 289 Å². The molecule has 0 radical (unpaired) electrons. The van der Waals surface area contributed by atoms with E-state index in [0.717, 1.165) is 70.2 Å². The summed E-state index contributed by atoms with van der Waals surface area (Å²) < 4.78 is 44.6. The van der Waals surface area contributed by atoms with Gasteiger partial charge in [0.15, 0.2) is 5.25 Å². The topological polar surface area (TPSA) is 130 Å². The number of carbonyl (C=O) groups is 3. The molecule has 0 aliphatic heterocycles. The molecule has 1 amide bonds. The van der Waals surface area contributed by atoms with Crippen LogP contribution in [-0.4, -0.2) is 72.4 Å². The van der Waals surface area contributed by atoms with Crippen LogP contribution in [0.1, 0.15) is 120 Å². The van der Waals surface area contributed by atoms with E-state index in [2.05, 4.69) is 41.5 Å². The molecule has 0 heterocycles. The maximum Gasteiger partial charge on any atom is 1.00 e. The third-order valence-electron chi connectivity index (χ3n) is 6.69. The summed E-state index contributed by atoms with van der Waals surface area (Å²) in [6, 6.07) is 0. The Morgan fingerprint density at radius 2 is 1.23 bits per heavy atom. The van der Waals surface area contributed by atoms with E-state index in [1.54, 1.807) is 0 Å². The molecule has 0 aliphatic rings. The van der Waals surface area contributed by atoms with E-state index >= 15 is 0 Å². The number of rotatable bonds is 21. The SMILES string of the molecule is CCCCC(CC)COC(=O)CC(C(=O)OCC(CC)CCCC)S(=O)(=O)[O-].CCSC(=O)N(CC(C)C)CC(C)C.[Na+]. The van der Waals surface area contributed by atoms with Gasteiger partial charge in [-0.1, -0.05) is 113 Å². The molecule has 0 saturated heterocycles. The van der Waals surface area contributed by atoms with Crippen LogP contribution < -0.4 is 29.6 Å². The largest absolute Gasteiger partial charge is 1.00 e. The van der Waals surface area contributed by atoms with Crippen LogP contribution in [0.3, 0.4) is 0 Å². The minimum Gasteiger partial charge on any atom is -0.747 e. The van der Waals surface area contributed by atoms with Crippen molar-refractivity contribution in [3.63, 3.8) is 0 Å². The van der Waals surface area contributed by atoms with Crippen LogP contribution in [0, 0.1) is 23.7 Å². The molecule has 12 heteroatoms. The molecule has 3 atom stereocenters. The average Bonchev–Trinajstić information content (AvgIpc) is 2.90. The third-order valence-corrected chi connectivity index (χ3v) is 8.54. The second kappa shape index (κ2) is 27.9. The Kier molecular flexibility index (Phi) is 30.6. The molecule has 9 nitrogen and oxygen atoms in total. The van der Waals surface area contributed by atoms with Crippen molar-refractivity contribution in [2.24, 2.45) is 23.7 Å². The molecule has 0 rings (SSSR count). The quantitative estimate of drug-likeness (QED) is 0.101. The molecule has 0 spiro atoms. The number of esters is 2. The van der Waals surface area contributed by atoms with Gasteiger partial charge in [-0.25, -0.2) is 8.42 Å². The van der Waals surface area contributed by atoms with Crippen molar-refractivity contribution in [2.45, 2.75) is 125 Å². The summed E-state index contributed by atoms with van der Waals surface area (Å²) in [4.78, 5) is 37.8. The van der Waals surface area contributed by atoms with Crippen molar-refractivity contribution in [2.75, 3.05) is 32.1 Å². The zero-order chi connectivity index (χ0) is 32.7. The summed E-state index contributed by atoms with van der Waals surface area (Å²) in [5.41, 5.74) is 0. The summed E-state index contributed by atoms with van der Waals surface area (Å²) in [6.07, 6.45) is 6.58. The smallest absolute Gasteiger partial charge is 0.747 e. The first kappa shape index (κ1) is 47.1. The first-order valence-electron chi connectivity index (χ1n) is 15.8. The van der Waals surface area contributed by atoms with Crippen LogP contribution in [0.15, 0.2) is 0 Å². The maximum atomic E-state index is 12.1. The number of carbonyl (C=O) groups excluding carboxylic acids is 3. The van der Waals surface area contributed by atoms with E-state index in [1.165, 1.54) is 11.8 Å². The number of nitrogens with zero attached hydrogens (tertiary/aromatic N) is 1. The van der Waals surface area contributed by atoms with Gasteiger partial charge in [0.2, 0.25) is 0 Å². The molecular formula is C31H60NNaO8S2. The summed E-state index contributed by atoms with van der Waals surface area (Å²) in [7, 11) is -5.01. The Morgan fingerprint density at radius 3 is 1.58 bits per heavy atom. The standard InChI is InChI=1S/C20H38O7S.C11H23NOS.Na/c1-5-9-11-16(7-3)14-26-19(21)13-18(28(23,24)25)20(22)27-15-17(8-4)12-10-6-2;1-6-14-11(13)12(7-9(2)3)8-10(4)5;/h16-18H,5-15H2,1-4H3,(H,23,24,25);9-10H,6-8H2,1-5H3;/q;;+1/p-1. The molecule has 3 unspecified atom stereocenters.